The third-order valence-electron chi connectivity index (χ3n) is 6.05. The van der Waals surface area contributed by atoms with E-state index >= 15 is 0 Å². The lowest BCUT2D eigenvalue weighted by Gasteiger charge is -2.38. The maximum atomic E-state index is 6.06. The van der Waals surface area contributed by atoms with Crippen LogP contribution in [0.3, 0.4) is 0 Å². The molecule has 2 aromatic rings. The summed E-state index contributed by atoms with van der Waals surface area (Å²) in [5.41, 5.74) is 3.11. The Morgan fingerprint density at radius 3 is 2.40 bits per heavy atom. The molecule has 3 heterocycles. The van der Waals surface area contributed by atoms with Gasteiger partial charge in [-0.3, -0.25) is 4.90 Å². The monoisotopic (exact) mass is 429 g/mol. The number of rotatable bonds is 4. The number of anilines is 1. The Kier molecular flexibility index (Phi) is 8.49. The van der Waals surface area contributed by atoms with E-state index in [2.05, 4.69) is 51.0 Å². The van der Waals surface area contributed by atoms with Gasteiger partial charge in [0.1, 0.15) is 0 Å². The first-order valence-electron chi connectivity index (χ1n) is 11.3. The topological polar surface area (TPSA) is 35.5 Å². The van der Waals surface area contributed by atoms with E-state index in [4.69, 9.17) is 11.6 Å². The van der Waals surface area contributed by atoms with Crippen molar-refractivity contribution in [2.24, 2.45) is 5.92 Å². The summed E-state index contributed by atoms with van der Waals surface area (Å²) in [6, 6.07) is 10.1. The first-order chi connectivity index (χ1) is 14.6. The van der Waals surface area contributed by atoms with Crippen LogP contribution in [-0.2, 0) is 0 Å². The average molecular weight is 430 g/mol. The molecule has 0 saturated carbocycles. The lowest BCUT2D eigenvalue weighted by atomic mass is 9.97. The van der Waals surface area contributed by atoms with E-state index in [0.29, 0.717) is 0 Å². The van der Waals surface area contributed by atoms with Crippen molar-refractivity contribution >= 4 is 17.4 Å². The summed E-state index contributed by atoms with van der Waals surface area (Å²) < 4.78 is 0. The van der Waals surface area contributed by atoms with Gasteiger partial charge in [0.2, 0.25) is 0 Å². The van der Waals surface area contributed by atoms with Gasteiger partial charge in [0, 0.05) is 49.9 Å². The average Bonchev–Trinajstić information content (AvgIpc) is 2.76. The molecule has 0 N–H and O–H groups in total. The molecule has 4 rings (SSSR count). The zero-order valence-corrected chi connectivity index (χ0v) is 19.7. The van der Waals surface area contributed by atoms with E-state index in [1.807, 2.05) is 32.0 Å². The number of nitrogens with zero attached hydrogens (tertiary/aromatic N) is 5. The number of aromatic nitrogens is 2. The van der Waals surface area contributed by atoms with Crippen molar-refractivity contribution in [2.75, 3.05) is 57.8 Å². The fourth-order valence-electron chi connectivity index (χ4n) is 4.50. The standard InChI is InChI=1S/C22H30ClN5.C2H6/c1-17-14-19(23)5-6-20(17)21-7-8-22(25-24-21)28-12-10-27(11-13-28)16-18-4-3-9-26(2)15-18;1-2/h5-8,14,18H,3-4,9-13,15-16H2,1-2H3;1-2H3. The molecule has 0 bridgehead atoms. The summed E-state index contributed by atoms with van der Waals surface area (Å²) >= 11 is 6.06. The molecular weight excluding hydrogens is 394 g/mol. The molecule has 1 aromatic carbocycles. The number of halogens is 1. The highest BCUT2D eigenvalue weighted by atomic mass is 35.5. The first-order valence-corrected chi connectivity index (χ1v) is 11.7. The van der Waals surface area contributed by atoms with Crippen LogP contribution in [0.4, 0.5) is 5.82 Å². The number of hydrogen-bond acceptors (Lipinski definition) is 5. The van der Waals surface area contributed by atoms with Crippen LogP contribution in [0.15, 0.2) is 30.3 Å². The van der Waals surface area contributed by atoms with E-state index in [0.717, 1.165) is 59.8 Å². The minimum Gasteiger partial charge on any atom is -0.353 e. The molecule has 164 valence electrons. The van der Waals surface area contributed by atoms with Gasteiger partial charge in [0.15, 0.2) is 5.82 Å². The summed E-state index contributed by atoms with van der Waals surface area (Å²) in [7, 11) is 2.25. The molecule has 2 aliphatic rings. The highest BCUT2D eigenvalue weighted by Crippen LogP contribution is 2.25. The molecule has 2 aliphatic heterocycles. The van der Waals surface area contributed by atoms with E-state index in [1.165, 1.54) is 32.5 Å². The van der Waals surface area contributed by atoms with E-state index in [-0.39, 0.29) is 0 Å². The Morgan fingerprint density at radius 1 is 1.00 bits per heavy atom. The molecule has 0 amide bonds. The van der Waals surface area contributed by atoms with E-state index < -0.39 is 0 Å². The lowest BCUT2D eigenvalue weighted by molar-refractivity contribution is 0.147. The maximum absolute atomic E-state index is 6.06. The number of piperazine rings is 1. The minimum absolute atomic E-state index is 0.753. The van der Waals surface area contributed by atoms with Crippen LogP contribution in [0.25, 0.3) is 11.3 Å². The quantitative estimate of drug-likeness (QED) is 0.709. The number of hydrogen-bond donors (Lipinski definition) is 0. The zero-order valence-electron chi connectivity index (χ0n) is 18.9. The second-order valence-corrected chi connectivity index (χ2v) is 8.73. The largest absolute Gasteiger partial charge is 0.353 e. The molecule has 1 atom stereocenters. The van der Waals surface area contributed by atoms with Crippen LogP contribution >= 0.6 is 11.6 Å². The predicted octanol–water partition coefficient (Wildman–Crippen LogP) is 4.60. The summed E-state index contributed by atoms with van der Waals surface area (Å²) in [4.78, 5) is 7.46. The Morgan fingerprint density at radius 2 is 1.77 bits per heavy atom. The highest BCUT2D eigenvalue weighted by Gasteiger charge is 2.23. The molecule has 0 spiro atoms. The molecule has 2 fully saturated rings. The number of aryl methyl sites for hydroxylation is 1. The fourth-order valence-corrected chi connectivity index (χ4v) is 4.73. The van der Waals surface area contributed by atoms with Gasteiger partial charge in [-0.25, -0.2) is 0 Å². The lowest BCUT2D eigenvalue weighted by Crippen LogP contribution is -2.49. The molecule has 5 nitrogen and oxygen atoms in total. The molecular formula is C24H36ClN5. The Hall–Kier alpha value is -1.69. The molecule has 30 heavy (non-hydrogen) atoms. The summed E-state index contributed by atoms with van der Waals surface area (Å²) in [6.07, 6.45) is 2.72. The minimum atomic E-state index is 0.753. The third-order valence-corrected chi connectivity index (χ3v) is 6.28. The van der Waals surface area contributed by atoms with Gasteiger partial charge in [0.05, 0.1) is 5.69 Å². The SMILES string of the molecule is CC.Cc1cc(Cl)ccc1-c1ccc(N2CCN(CC3CCCN(C)C3)CC2)nn1. The van der Waals surface area contributed by atoms with Crippen molar-refractivity contribution in [3.05, 3.63) is 40.9 Å². The van der Waals surface area contributed by atoms with E-state index in [9.17, 15) is 0 Å². The van der Waals surface area contributed by atoms with Crippen LogP contribution in [-0.4, -0.2) is 72.9 Å². The Balaban J connectivity index is 0.00000124. The van der Waals surface area contributed by atoms with Gasteiger partial charge in [-0.1, -0.05) is 31.5 Å². The Bertz CT molecular complexity index is 787. The first kappa shape index (κ1) is 23.0. The number of piperidine rings is 1. The molecule has 2 saturated heterocycles. The van der Waals surface area contributed by atoms with Gasteiger partial charge in [-0.2, -0.15) is 0 Å². The van der Waals surface area contributed by atoms with Crippen LogP contribution < -0.4 is 4.90 Å². The zero-order chi connectivity index (χ0) is 21.5. The predicted molar refractivity (Wildman–Crippen MR) is 127 cm³/mol. The van der Waals surface area contributed by atoms with Crippen molar-refractivity contribution in [1.82, 2.24) is 20.0 Å². The van der Waals surface area contributed by atoms with Crippen LogP contribution in [0, 0.1) is 12.8 Å². The van der Waals surface area contributed by atoms with Gasteiger partial charge in [0.25, 0.3) is 0 Å². The summed E-state index contributed by atoms with van der Waals surface area (Å²) in [5.74, 6) is 1.81. The molecule has 6 heteroatoms. The second-order valence-electron chi connectivity index (χ2n) is 8.29. The Labute approximate surface area is 187 Å². The summed E-state index contributed by atoms with van der Waals surface area (Å²) in [5, 5.41) is 9.75. The fraction of sp³-hybridized carbons (Fsp3) is 0.583. The van der Waals surface area contributed by atoms with Crippen molar-refractivity contribution in [3.63, 3.8) is 0 Å². The summed E-state index contributed by atoms with van der Waals surface area (Å²) in [6.45, 7) is 14.1. The van der Waals surface area contributed by atoms with Crippen LogP contribution in [0.1, 0.15) is 32.3 Å². The van der Waals surface area contributed by atoms with Gasteiger partial charge in [-0.15, -0.1) is 10.2 Å². The van der Waals surface area contributed by atoms with Crippen molar-refractivity contribution < 1.29 is 0 Å². The van der Waals surface area contributed by atoms with Crippen molar-refractivity contribution in [2.45, 2.75) is 33.6 Å². The van der Waals surface area contributed by atoms with Crippen LogP contribution in [0.5, 0.6) is 0 Å². The highest BCUT2D eigenvalue weighted by molar-refractivity contribution is 6.30. The smallest absolute Gasteiger partial charge is 0.151 e. The number of benzene rings is 1. The molecule has 0 aliphatic carbocycles. The van der Waals surface area contributed by atoms with Gasteiger partial charge < -0.3 is 9.80 Å². The number of likely N-dealkylation sites (tertiary alicyclic amines) is 1. The normalized spacial score (nSPS) is 20.6. The third kappa shape index (κ3) is 5.93. The van der Waals surface area contributed by atoms with Crippen LogP contribution in [0.2, 0.25) is 5.02 Å². The molecule has 0 radical (unpaired) electrons. The van der Waals surface area contributed by atoms with Crippen molar-refractivity contribution in [1.29, 1.82) is 0 Å². The maximum Gasteiger partial charge on any atom is 0.151 e. The van der Waals surface area contributed by atoms with Gasteiger partial charge >= 0.3 is 0 Å². The van der Waals surface area contributed by atoms with Gasteiger partial charge in [-0.05, 0) is 69.1 Å². The second kappa shape index (κ2) is 11.1. The molecule has 1 unspecified atom stereocenters. The van der Waals surface area contributed by atoms with Crippen molar-refractivity contribution in [3.8, 4) is 11.3 Å². The molecule has 1 aromatic heterocycles. The van der Waals surface area contributed by atoms with E-state index in [1.54, 1.807) is 0 Å².